The second kappa shape index (κ2) is 7.65. The van der Waals surface area contributed by atoms with Gasteiger partial charge in [0.2, 0.25) is 5.91 Å². The maximum absolute atomic E-state index is 12.2. The average Bonchev–Trinajstić information content (AvgIpc) is 3.13. The molecule has 2 heterocycles. The van der Waals surface area contributed by atoms with Crippen molar-refractivity contribution in [2.75, 3.05) is 20.3 Å². The van der Waals surface area contributed by atoms with Crippen LogP contribution in [-0.4, -0.2) is 41.2 Å². The Balaban J connectivity index is 1.28. The van der Waals surface area contributed by atoms with Crippen LogP contribution < -0.4 is 14.8 Å². The van der Waals surface area contributed by atoms with E-state index in [9.17, 15) is 4.79 Å². The van der Waals surface area contributed by atoms with Gasteiger partial charge >= 0.3 is 0 Å². The maximum Gasteiger partial charge on any atom is 0.221 e. The molecule has 1 aliphatic heterocycles. The Morgan fingerprint density at radius 3 is 3.07 bits per heavy atom. The van der Waals surface area contributed by atoms with Gasteiger partial charge in [0.05, 0.1) is 25.8 Å². The van der Waals surface area contributed by atoms with Crippen LogP contribution in [0.1, 0.15) is 12.0 Å². The number of carbonyl (C=O) groups excluding carboxylic acids is 1. The molecule has 1 aromatic heterocycles. The Hall–Kier alpha value is -3.09. The highest BCUT2D eigenvalue weighted by Gasteiger charge is 2.23. The number of fused-ring (bicyclic) bond motifs is 2. The van der Waals surface area contributed by atoms with Gasteiger partial charge in [-0.15, -0.1) is 5.10 Å². The van der Waals surface area contributed by atoms with Gasteiger partial charge in [-0.25, -0.2) is 4.68 Å². The van der Waals surface area contributed by atoms with E-state index in [1.807, 2.05) is 42.5 Å². The van der Waals surface area contributed by atoms with Crippen molar-refractivity contribution in [1.82, 2.24) is 20.3 Å². The highest BCUT2D eigenvalue weighted by molar-refractivity contribution is 5.77. The molecule has 0 unspecified atom stereocenters. The number of para-hydroxylation sites is 2. The van der Waals surface area contributed by atoms with Crippen LogP contribution in [0.3, 0.4) is 0 Å². The Bertz CT molecular complexity index is 953. The van der Waals surface area contributed by atoms with Crippen LogP contribution in [0, 0.1) is 5.92 Å². The number of aryl methyl sites for hydroxylation is 1. The van der Waals surface area contributed by atoms with Gasteiger partial charge in [-0.05, 0) is 30.2 Å². The third-order valence-corrected chi connectivity index (χ3v) is 4.81. The quantitative estimate of drug-likeness (QED) is 0.724. The number of methoxy groups -OCH3 is 1. The van der Waals surface area contributed by atoms with Crippen LogP contribution >= 0.6 is 0 Å². The van der Waals surface area contributed by atoms with Crippen molar-refractivity contribution in [3.8, 4) is 11.5 Å². The van der Waals surface area contributed by atoms with Crippen molar-refractivity contribution in [3.63, 3.8) is 0 Å². The van der Waals surface area contributed by atoms with E-state index in [4.69, 9.17) is 9.47 Å². The summed E-state index contributed by atoms with van der Waals surface area (Å²) < 4.78 is 13.0. The van der Waals surface area contributed by atoms with Gasteiger partial charge in [-0.1, -0.05) is 29.5 Å². The number of rotatable bonds is 6. The molecule has 27 heavy (non-hydrogen) atoms. The first-order valence-electron chi connectivity index (χ1n) is 9.08. The molecule has 0 aliphatic carbocycles. The molecular weight excluding hydrogens is 344 g/mol. The minimum Gasteiger partial charge on any atom is -0.493 e. The zero-order valence-electron chi connectivity index (χ0n) is 15.2. The highest BCUT2D eigenvalue weighted by atomic mass is 16.5. The summed E-state index contributed by atoms with van der Waals surface area (Å²) in [7, 11) is 1.64. The fourth-order valence-electron chi connectivity index (χ4n) is 3.39. The molecule has 0 saturated heterocycles. The lowest BCUT2D eigenvalue weighted by Gasteiger charge is -2.26. The Kier molecular flexibility index (Phi) is 4.91. The van der Waals surface area contributed by atoms with E-state index in [0.717, 1.165) is 34.5 Å². The summed E-state index contributed by atoms with van der Waals surface area (Å²) in [6, 6.07) is 13.6. The second-order valence-electron chi connectivity index (χ2n) is 6.69. The minimum atomic E-state index is 0.00557. The molecular formula is C20H22N4O3. The number of hydrogen-bond donors (Lipinski definition) is 1. The number of ether oxygens (including phenoxy) is 2. The normalized spacial score (nSPS) is 15.8. The predicted octanol–water partition coefficient (Wildman–Crippen LogP) is 2.20. The topological polar surface area (TPSA) is 78.3 Å². The molecule has 7 nitrogen and oxygen atoms in total. The number of carbonyl (C=O) groups is 1. The number of amides is 1. The molecule has 0 fully saturated rings. The van der Waals surface area contributed by atoms with Crippen LogP contribution in [0.4, 0.5) is 0 Å². The zero-order chi connectivity index (χ0) is 18.6. The molecule has 140 valence electrons. The summed E-state index contributed by atoms with van der Waals surface area (Å²) in [5, 5.41) is 11.2. The summed E-state index contributed by atoms with van der Waals surface area (Å²) in [5.74, 6) is 1.84. The van der Waals surface area contributed by atoms with E-state index in [1.54, 1.807) is 11.8 Å². The molecule has 7 heteroatoms. The van der Waals surface area contributed by atoms with Gasteiger partial charge in [0, 0.05) is 18.9 Å². The molecule has 1 atom stereocenters. The van der Waals surface area contributed by atoms with Crippen molar-refractivity contribution in [3.05, 3.63) is 48.0 Å². The lowest BCUT2D eigenvalue weighted by molar-refractivity contribution is -0.121. The van der Waals surface area contributed by atoms with E-state index in [0.29, 0.717) is 26.1 Å². The SMILES string of the molecule is COc1cccc2c1OC[C@@H](CNC(=O)CCn1nnc3ccccc31)C2. The van der Waals surface area contributed by atoms with E-state index in [1.165, 1.54) is 0 Å². The summed E-state index contributed by atoms with van der Waals surface area (Å²) in [5.41, 5.74) is 2.90. The molecule has 1 amide bonds. The Morgan fingerprint density at radius 1 is 1.30 bits per heavy atom. The third-order valence-electron chi connectivity index (χ3n) is 4.81. The first kappa shape index (κ1) is 17.3. The monoisotopic (exact) mass is 366 g/mol. The molecule has 4 rings (SSSR count). The van der Waals surface area contributed by atoms with E-state index >= 15 is 0 Å². The molecule has 0 saturated carbocycles. The molecule has 3 aromatic rings. The first-order chi connectivity index (χ1) is 13.2. The number of benzene rings is 2. The molecule has 1 N–H and O–H groups in total. The largest absolute Gasteiger partial charge is 0.493 e. The van der Waals surface area contributed by atoms with Crippen LogP contribution in [0.2, 0.25) is 0 Å². The Morgan fingerprint density at radius 2 is 2.19 bits per heavy atom. The number of aromatic nitrogens is 3. The average molecular weight is 366 g/mol. The summed E-state index contributed by atoms with van der Waals surface area (Å²) in [6.07, 6.45) is 1.23. The number of nitrogens with zero attached hydrogens (tertiary/aromatic N) is 3. The van der Waals surface area contributed by atoms with Crippen molar-refractivity contribution in [1.29, 1.82) is 0 Å². The van der Waals surface area contributed by atoms with Gasteiger partial charge in [-0.2, -0.15) is 0 Å². The molecule has 0 spiro atoms. The van der Waals surface area contributed by atoms with Crippen molar-refractivity contribution in [2.45, 2.75) is 19.4 Å². The van der Waals surface area contributed by atoms with E-state index in [2.05, 4.69) is 15.6 Å². The van der Waals surface area contributed by atoms with Gasteiger partial charge < -0.3 is 14.8 Å². The van der Waals surface area contributed by atoms with Crippen LogP contribution in [0.15, 0.2) is 42.5 Å². The third kappa shape index (κ3) is 3.72. The van der Waals surface area contributed by atoms with Gasteiger partial charge in [0.15, 0.2) is 11.5 Å². The van der Waals surface area contributed by atoms with Crippen LogP contribution in [-0.2, 0) is 17.8 Å². The van der Waals surface area contributed by atoms with Crippen LogP contribution in [0.25, 0.3) is 11.0 Å². The van der Waals surface area contributed by atoms with Gasteiger partial charge in [-0.3, -0.25) is 4.79 Å². The fraction of sp³-hybridized carbons (Fsp3) is 0.350. The van der Waals surface area contributed by atoms with Crippen molar-refractivity contribution >= 4 is 16.9 Å². The lowest BCUT2D eigenvalue weighted by atomic mass is 9.96. The lowest BCUT2D eigenvalue weighted by Crippen LogP contribution is -2.35. The van der Waals surface area contributed by atoms with E-state index < -0.39 is 0 Å². The zero-order valence-corrected chi connectivity index (χ0v) is 15.2. The summed E-state index contributed by atoms with van der Waals surface area (Å²) >= 11 is 0. The van der Waals surface area contributed by atoms with Gasteiger partial charge in [0.1, 0.15) is 5.52 Å². The molecule has 1 aliphatic rings. The maximum atomic E-state index is 12.2. The smallest absolute Gasteiger partial charge is 0.221 e. The Labute approximate surface area is 157 Å². The van der Waals surface area contributed by atoms with Crippen molar-refractivity contribution < 1.29 is 14.3 Å². The first-order valence-corrected chi connectivity index (χ1v) is 9.08. The van der Waals surface area contributed by atoms with E-state index in [-0.39, 0.29) is 11.8 Å². The molecule has 2 aromatic carbocycles. The number of hydrogen-bond acceptors (Lipinski definition) is 5. The number of nitrogens with one attached hydrogen (secondary N) is 1. The minimum absolute atomic E-state index is 0.00557. The molecule has 0 bridgehead atoms. The summed E-state index contributed by atoms with van der Waals surface area (Å²) in [4.78, 5) is 12.2. The van der Waals surface area contributed by atoms with Gasteiger partial charge in [0.25, 0.3) is 0 Å². The molecule has 0 radical (unpaired) electrons. The van der Waals surface area contributed by atoms with Crippen LogP contribution in [0.5, 0.6) is 11.5 Å². The standard InChI is InChI=1S/C20H22N4O3/c1-26-18-8-4-5-15-11-14(13-27-20(15)18)12-21-19(25)9-10-24-17-7-3-2-6-16(17)22-23-24/h2-8,14H,9-13H2,1H3,(H,21,25)/t14-/m1/s1. The summed E-state index contributed by atoms with van der Waals surface area (Å²) in [6.45, 7) is 1.67. The predicted molar refractivity (Wildman–Crippen MR) is 101 cm³/mol. The fourth-order valence-corrected chi connectivity index (χ4v) is 3.39. The second-order valence-corrected chi connectivity index (χ2v) is 6.69. The highest BCUT2D eigenvalue weighted by Crippen LogP contribution is 2.35. The van der Waals surface area contributed by atoms with Crippen molar-refractivity contribution in [2.24, 2.45) is 5.92 Å².